The van der Waals surface area contributed by atoms with Gasteiger partial charge in [0.05, 0.1) is 22.0 Å². The zero-order valence-corrected chi connectivity index (χ0v) is 21.4. The van der Waals surface area contributed by atoms with Gasteiger partial charge in [0.25, 0.3) is 0 Å². The van der Waals surface area contributed by atoms with Crippen LogP contribution in [0.1, 0.15) is 18.4 Å². The van der Waals surface area contributed by atoms with Crippen molar-refractivity contribution in [1.29, 1.82) is 5.26 Å². The van der Waals surface area contributed by atoms with Gasteiger partial charge in [-0.2, -0.15) is 5.26 Å². The molecule has 1 aliphatic heterocycles. The van der Waals surface area contributed by atoms with E-state index in [0.717, 1.165) is 42.0 Å². The number of rotatable bonds is 10. The molecule has 0 radical (unpaired) electrons. The molecular formula is C25H28Cl2N4O2S. The SMILES string of the molecule is CSNC1CCN(CCOc2ccc3c(ccn3-c3cc(Cl)c(OCCCl)c(C#N)c3)c2)CC1. The Morgan fingerprint density at radius 3 is 2.71 bits per heavy atom. The van der Waals surface area contributed by atoms with Crippen molar-refractivity contribution >= 4 is 46.1 Å². The van der Waals surface area contributed by atoms with Crippen LogP contribution in [0.15, 0.2) is 42.6 Å². The first kappa shape index (κ1) is 25.0. The molecule has 0 atom stereocenters. The molecule has 2 heterocycles. The molecule has 6 nitrogen and oxygen atoms in total. The number of nitriles is 1. The monoisotopic (exact) mass is 518 g/mol. The minimum atomic E-state index is 0.290. The number of ether oxygens (including phenoxy) is 2. The molecule has 3 aromatic rings. The number of piperidine rings is 1. The summed E-state index contributed by atoms with van der Waals surface area (Å²) >= 11 is 13.8. The molecule has 1 aromatic heterocycles. The van der Waals surface area contributed by atoms with Crippen LogP contribution in [-0.2, 0) is 0 Å². The Morgan fingerprint density at radius 2 is 1.97 bits per heavy atom. The van der Waals surface area contributed by atoms with Crippen molar-refractivity contribution < 1.29 is 9.47 Å². The molecule has 4 rings (SSSR count). The van der Waals surface area contributed by atoms with Crippen molar-refractivity contribution in [3.05, 3.63) is 53.2 Å². The van der Waals surface area contributed by atoms with Crippen molar-refractivity contribution in [2.24, 2.45) is 0 Å². The average Bonchev–Trinajstić information content (AvgIpc) is 3.27. The Balaban J connectivity index is 1.42. The number of hydrogen-bond donors (Lipinski definition) is 1. The van der Waals surface area contributed by atoms with Crippen LogP contribution >= 0.6 is 35.1 Å². The Kier molecular flexibility index (Phi) is 8.87. The van der Waals surface area contributed by atoms with E-state index in [0.29, 0.717) is 34.9 Å². The third kappa shape index (κ3) is 5.94. The van der Waals surface area contributed by atoms with Crippen LogP contribution in [0.3, 0.4) is 0 Å². The van der Waals surface area contributed by atoms with E-state index in [-0.39, 0.29) is 6.61 Å². The van der Waals surface area contributed by atoms with Crippen LogP contribution in [0.25, 0.3) is 16.6 Å². The lowest BCUT2D eigenvalue weighted by molar-refractivity contribution is 0.171. The molecule has 9 heteroatoms. The molecule has 1 aliphatic rings. The minimum absolute atomic E-state index is 0.290. The van der Waals surface area contributed by atoms with Gasteiger partial charge < -0.3 is 14.0 Å². The van der Waals surface area contributed by atoms with E-state index in [1.165, 1.54) is 12.8 Å². The summed E-state index contributed by atoms with van der Waals surface area (Å²) in [5, 5.41) is 11.0. The molecule has 0 aliphatic carbocycles. The van der Waals surface area contributed by atoms with Gasteiger partial charge in [-0.3, -0.25) is 9.62 Å². The number of nitrogens with one attached hydrogen (secondary N) is 1. The van der Waals surface area contributed by atoms with Gasteiger partial charge in [0.2, 0.25) is 0 Å². The van der Waals surface area contributed by atoms with E-state index >= 15 is 0 Å². The number of likely N-dealkylation sites (tertiary alicyclic amines) is 1. The van der Waals surface area contributed by atoms with Crippen molar-refractivity contribution in [3.63, 3.8) is 0 Å². The van der Waals surface area contributed by atoms with E-state index in [9.17, 15) is 5.26 Å². The summed E-state index contributed by atoms with van der Waals surface area (Å²) in [6, 6.07) is 14.5. The number of alkyl halides is 1. The molecule has 0 amide bonds. The molecule has 2 aromatic carbocycles. The Bertz CT molecular complexity index is 1160. The molecule has 1 saturated heterocycles. The lowest BCUT2D eigenvalue weighted by Gasteiger charge is -2.31. The quantitative estimate of drug-likeness (QED) is 0.283. The van der Waals surface area contributed by atoms with Gasteiger partial charge in [-0.1, -0.05) is 23.5 Å². The Morgan fingerprint density at radius 1 is 1.15 bits per heavy atom. The topological polar surface area (TPSA) is 62.4 Å². The summed E-state index contributed by atoms with van der Waals surface area (Å²) < 4.78 is 17.1. The Labute approximate surface area is 214 Å². The maximum atomic E-state index is 9.57. The molecule has 1 fully saturated rings. The number of benzene rings is 2. The maximum Gasteiger partial charge on any atom is 0.155 e. The fraction of sp³-hybridized carbons (Fsp3) is 0.400. The van der Waals surface area contributed by atoms with Crippen LogP contribution < -0.4 is 14.2 Å². The van der Waals surface area contributed by atoms with Gasteiger partial charge >= 0.3 is 0 Å². The van der Waals surface area contributed by atoms with Crippen molar-refractivity contribution in [1.82, 2.24) is 14.2 Å². The molecule has 0 spiro atoms. The summed E-state index contributed by atoms with van der Waals surface area (Å²) in [7, 11) is 0. The Hall–Kier alpha value is -2.08. The highest BCUT2D eigenvalue weighted by Crippen LogP contribution is 2.33. The van der Waals surface area contributed by atoms with Crippen molar-refractivity contribution in [2.75, 3.05) is 45.0 Å². The summed E-state index contributed by atoms with van der Waals surface area (Å²) in [4.78, 5) is 2.46. The van der Waals surface area contributed by atoms with Gasteiger partial charge in [-0.15, -0.1) is 11.6 Å². The van der Waals surface area contributed by atoms with E-state index < -0.39 is 0 Å². The largest absolute Gasteiger partial charge is 0.492 e. The van der Waals surface area contributed by atoms with E-state index in [1.54, 1.807) is 24.1 Å². The number of halogens is 2. The van der Waals surface area contributed by atoms with Gasteiger partial charge in [0, 0.05) is 29.9 Å². The number of aromatic nitrogens is 1. The normalized spacial score (nSPS) is 14.9. The molecule has 0 unspecified atom stereocenters. The highest BCUT2D eigenvalue weighted by molar-refractivity contribution is 7.96. The molecule has 180 valence electrons. The predicted molar refractivity (Wildman–Crippen MR) is 141 cm³/mol. The van der Waals surface area contributed by atoms with Gasteiger partial charge in [0.1, 0.15) is 25.0 Å². The minimum Gasteiger partial charge on any atom is -0.492 e. The fourth-order valence-electron chi connectivity index (χ4n) is 4.26. The first-order valence-electron chi connectivity index (χ1n) is 11.3. The zero-order valence-electron chi connectivity index (χ0n) is 19.1. The smallest absolute Gasteiger partial charge is 0.155 e. The number of nitrogens with zero attached hydrogens (tertiary/aromatic N) is 3. The zero-order chi connectivity index (χ0) is 23.9. The number of fused-ring (bicyclic) bond motifs is 1. The second-order valence-electron chi connectivity index (χ2n) is 8.15. The first-order valence-corrected chi connectivity index (χ1v) is 13.4. The van der Waals surface area contributed by atoms with E-state index in [2.05, 4.69) is 21.9 Å². The van der Waals surface area contributed by atoms with Gasteiger partial charge in [0.15, 0.2) is 5.75 Å². The third-order valence-electron chi connectivity index (χ3n) is 5.96. The lowest BCUT2D eigenvalue weighted by Crippen LogP contribution is -2.41. The van der Waals surface area contributed by atoms with Gasteiger partial charge in [-0.05, 0) is 68.6 Å². The van der Waals surface area contributed by atoms with Crippen LogP contribution in [0, 0.1) is 11.3 Å². The fourth-order valence-corrected chi connectivity index (χ4v) is 5.17. The molecule has 1 N–H and O–H groups in total. The van der Waals surface area contributed by atoms with Crippen LogP contribution in [-0.4, -0.2) is 60.5 Å². The summed E-state index contributed by atoms with van der Waals surface area (Å²) in [6.45, 7) is 4.09. The second-order valence-corrected chi connectivity index (χ2v) is 9.58. The summed E-state index contributed by atoms with van der Waals surface area (Å²) in [5.41, 5.74) is 2.18. The molecule has 0 bridgehead atoms. The van der Waals surface area contributed by atoms with Crippen LogP contribution in [0.4, 0.5) is 0 Å². The van der Waals surface area contributed by atoms with Crippen LogP contribution in [0.2, 0.25) is 5.02 Å². The highest BCUT2D eigenvalue weighted by Gasteiger charge is 2.18. The lowest BCUT2D eigenvalue weighted by atomic mass is 10.1. The standard InChI is InChI=1S/C25H28Cl2N4O2S/c1-34-29-20-5-8-30(9-6-20)11-13-32-22-2-3-24-18(15-22)4-10-31(24)21-14-19(17-28)25(23(27)16-21)33-12-7-26/h2-4,10,14-16,20,29H,5-9,11-13H2,1H3. The van der Waals surface area contributed by atoms with Crippen molar-refractivity contribution in [3.8, 4) is 23.3 Å². The van der Waals surface area contributed by atoms with E-state index in [4.69, 9.17) is 32.7 Å². The van der Waals surface area contributed by atoms with Gasteiger partial charge in [-0.25, -0.2) is 0 Å². The van der Waals surface area contributed by atoms with E-state index in [1.807, 2.05) is 35.0 Å². The molecule has 34 heavy (non-hydrogen) atoms. The summed E-state index contributed by atoms with van der Waals surface area (Å²) in [6.07, 6.45) is 6.40. The van der Waals surface area contributed by atoms with Crippen molar-refractivity contribution in [2.45, 2.75) is 18.9 Å². The summed E-state index contributed by atoms with van der Waals surface area (Å²) in [5.74, 6) is 1.54. The van der Waals surface area contributed by atoms with Crippen LogP contribution in [0.5, 0.6) is 11.5 Å². The molecular weight excluding hydrogens is 491 g/mol. The number of hydrogen-bond acceptors (Lipinski definition) is 6. The first-order chi connectivity index (χ1) is 16.6. The average molecular weight is 519 g/mol. The predicted octanol–water partition coefficient (Wildman–Crippen LogP) is 5.48. The molecule has 0 saturated carbocycles. The maximum absolute atomic E-state index is 9.57. The highest BCUT2D eigenvalue weighted by atomic mass is 35.5. The third-order valence-corrected chi connectivity index (χ3v) is 6.96. The second kappa shape index (κ2) is 12.1.